The van der Waals surface area contributed by atoms with Gasteiger partial charge in [-0.05, 0) is 17.7 Å². The lowest BCUT2D eigenvalue weighted by Gasteiger charge is -2.15. The molecular formula is C16H22N2O2. The van der Waals surface area contributed by atoms with Gasteiger partial charge in [0.1, 0.15) is 0 Å². The van der Waals surface area contributed by atoms with Gasteiger partial charge in [-0.25, -0.2) is 0 Å². The predicted octanol–water partition coefficient (Wildman–Crippen LogP) is 0.842. The van der Waals surface area contributed by atoms with E-state index < -0.39 is 0 Å². The minimum Gasteiger partial charge on any atom is -0.377 e. The molecule has 1 aliphatic rings. The van der Waals surface area contributed by atoms with Crippen LogP contribution in [0, 0.1) is 11.8 Å². The average Bonchev–Trinajstić information content (AvgIpc) is 2.88. The van der Waals surface area contributed by atoms with Gasteiger partial charge in [-0.15, -0.1) is 0 Å². The van der Waals surface area contributed by atoms with E-state index in [0.29, 0.717) is 6.54 Å². The number of ether oxygens (including phenoxy) is 2. The van der Waals surface area contributed by atoms with Crippen LogP contribution in [0.15, 0.2) is 24.3 Å². The molecule has 0 saturated carbocycles. The molecule has 2 N–H and O–H groups in total. The van der Waals surface area contributed by atoms with Crippen molar-refractivity contribution in [2.24, 2.45) is 5.73 Å². The van der Waals surface area contributed by atoms with Crippen molar-refractivity contribution in [3.8, 4) is 11.8 Å². The first kappa shape index (κ1) is 15.0. The maximum absolute atomic E-state index is 5.45. The molecule has 4 heteroatoms. The Morgan fingerprint density at radius 3 is 2.25 bits per heavy atom. The monoisotopic (exact) mass is 274 g/mol. The van der Waals surface area contributed by atoms with E-state index in [4.69, 9.17) is 15.2 Å². The Hall–Kier alpha value is -1.38. The van der Waals surface area contributed by atoms with E-state index in [1.54, 1.807) is 14.2 Å². The standard InChI is InChI=1S/C16H22N2O2/c1-19-15-11-18(12-16(15)20-2)10-14-7-5-13(6-8-14)4-3-9-17/h5-8,15-16H,9-12,17H2,1-2H3. The molecule has 108 valence electrons. The molecule has 1 aliphatic heterocycles. The van der Waals surface area contributed by atoms with Crippen molar-refractivity contribution in [2.75, 3.05) is 33.9 Å². The summed E-state index contributed by atoms with van der Waals surface area (Å²) in [5.41, 5.74) is 7.64. The van der Waals surface area contributed by atoms with Gasteiger partial charge in [0.15, 0.2) is 0 Å². The Morgan fingerprint density at radius 1 is 1.15 bits per heavy atom. The van der Waals surface area contributed by atoms with Gasteiger partial charge in [-0.3, -0.25) is 4.90 Å². The van der Waals surface area contributed by atoms with Gasteiger partial charge in [0.2, 0.25) is 0 Å². The summed E-state index contributed by atoms with van der Waals surface area (Å²) in [7, 11) is 3.48. The fourth-order valence-corrected chi connectivity index (χ4v) is 2.51. The van der Waals surface area contributed by atoms with Crippen molar-refractivity contribution in [3.05, 3.63) is 35.4 Å². The number of hydrogen-bond acceptors (Lipinski definition) is 4. The second-order valence-electron chi connectivity index (χ2n) is 4.95. The van der Waals surface area contributed by atoms with Gasteiger partial charge in [-0.2, -0.15) is 0 Å². The summed E-state index contributed by atoms with van der Waals surface area (Å²) in [5, 5.41) is 0. The lowest BCUT2D eigenvalue weighted by atomic mass is 10.1. The van der Waals surface area contributed by atoms with E-state index in [1.807, 2.05) is 12.1 Å². The average molecular weight is 274 g/mol. The molecule has 1 aromatic carbocycles. The normalized spacial score (nSPS) is 22.6. The topological polar surface area (TPSA) is 47.7 Å². The van der Waals surface area contributed by atoms with E-state index in [9.17, 15) is 0 Å². The zero-order chi connectivity index (χ0) is 14.4. The molecular weight excluding hydrogens is 252 g/mol. The molecule has 2 rings (SSSR count). The molecule has 1 heterocycles. The number of hydrogen-bond donors (Lipinski definition) is 1. The third-order valence-electron chi connectivity index (χ3n) is 3.59. The number of likely N-dealkylation sites (tertiary alicyclic amines) is 1. The van der Waals surface area contributed by atoms with Crippen molar-refractivity contribution >= 4 is 0 Å². The van der Waals surface area contributed by atoms with Crippen LogP contribution < -0.4 is 5.73 Å². The molecule has 0 spiro atoms. The van der Waals surface area contributed by atoms with Gasteiger partial charge in [0, 0.05) is 39.4 Å². The zero-order valence-corrected chi connectivity index (χ0v) is 12.1. The summed E-state index contributed by atoms with van der Waals surface area (Å²) in [4.78, 5) is 2.35. The third-order valence-corrected chi connectivity index (χ3v) is 3.59. The maximum Gasteiger partial charge on any atom is 0.0971 e. The van der Waals surface area contributed by atoms with Crippen LogP contribution in [0.5, 0.6) is 0 Å². The molecule has 1 saturated heterocycles. The van der Waals surface area contributed by atoms with Crippen LogP contribution in [-0.4, -0.2) is 51.0 Å². The summed E-state index contributed by atoms with van der Waals surface area (Å²) >= 11 is 0. The molecule has 0 bridgehead atoms. The summed E-state index contributed by atoms with van der Waals surface area (Å²) in [6, 6.07) is 8.30. The van der Waals surface area contributed by atoms with Gasteiger partial charge < -0.3 is 15.2 Å². The number of benzene rings is 1. The SMILES string of the molecule is COC1CN(Cc2ccc(C#CCN)cc2)CC1OC. The predicted molar refractivity (Wildman–Crippen MR) is 79.2 cm³/mol. The Balaban J connectivity index is 1.94. The fourth-order valence-electron chi connectivity index (χ4n) is 2.51. The summed E-state index contributed by atoms with van der Waals surface area (Å²) in [6.45, 7) is 3.12. The van der Waals surface area contributed by atoms with Crippen molar-refractivity contribution in [1.82, 2.24) is 4.90 Å². The largest absolute Gasteiger partial charge is 0.377 e. The van der Waals surface area contributed by atoms with Crippen LogP contribution in [0.4, 0.5) is 0 Å². The highest BCUT2D eigenvalue weighted by Gasteiger charge is 2.32. The first-order valence-corrected chi connectivity index (χ1v) is 6.82. The minimum absolute atomic E-state index is 0.162. The fraction of sp³-hybridized carbons (Fsp3) is 0.500. The van der Waals surface area contributed by atoms with Gasteiger partial charge >= 0.3 is 0 Å². The Labute approximate surface area is 120 Å². The molecule has 20 heavy (non-hydrogen) atoms. The number of nitrogens with zero attached hydrogens (tertiary/aromatic N) is 1. The smallest absolute Gasteiger partial charge is 0.0971 e. The highest BCUT2D eigenvalue weighted by atomic mass is 16.5. The van der Waals surface area contributed by atoms with E-state index in [2.05, 4.69) is 28.9 Å². The molecule has 1 fully saturated rings. The second-order valence-corrected chi connectivity index (χ2v) is 4.95. The Morgan fingerprint density at radius 2 is 1.75 bits per heavy atom. The maximum atomic E-state index is 5.45. The van der Waals surface area contributed by atoms with E-state index in [-0.39, 0.29) is 12.2 Å². The molecule has 2 atom stereocenters. The van der Waals surface area contributed by atoms with Crippen LogP contribution >= 0.6 is 0 Å². The highest BCUT2D eigenvalue weighted by molar-refractivity contribution is 5.36. The second kappa shape index (κ2) is 7.41. The van der Waals surface area contributed by atoms with Gasteiger partial charge in [0.05, 0.1) is 18.8 Å². The van der Waals surface area contributed by atoms with Crippen LogP contribution in [0.25, 0.3) is 0 Å². The van der Waals surface area contributed by atoms with Crippen molar-refractivity contribution < 1.29 is 9.47 Å². The van der Waals surface area contributed by atoms with Gasteiger partial charge in [-0.1, -0.05) is 24.0 Å². The van der Waals surface area contributed by atoms with Crippen molar-refractivity contribution in [3.63, 3.8) is 0 Å². The Bertz CT molecular complexity index is 463. The molecule has 1 aromatic rings. The molecule has 0 aliphatic carbocycles. The minimum atomic E-state index is 0.162. The van der Waals surface area contributed by atoms with E-state index in [0.717, 1.165) is 25.2 Å². The van der Waals surface area contributed by atoms with Crippen LogP contribution in [0.2, 0.25) is 0 Å². The lowest BCUT2D eigenvalue weighted by molar-refractivity contribution is -0.00461. The summed E-state index contributed by atoms with van der Waals surface area (Å²) in [6.07, 6.45) is 0.324. The third kappa shape index (κ3) is 3.81. The first-order chi connectivity index (χ1) is 9.76. The van der Waals surface area contributed by atoms with Crippen molar-refractivity contribution in [2.45, 2.75) is 18.8 Å². The zero-order valence-electron chi connectivity index (χ0n) is 12.1. The molecule has 0 aromatic heterocycles. The quantitative estimate of drug-likeness (QED) is 0.827. The van der Waals surface area contributed by atoms with E-state index >= 15 is 0 Å². The van der Waals surface area contributed by atoms with Crippen LogP contribution in [0.3, 0.4) is 0 Å². The van der Waals surface area contributed by atoms with E-state index in [1.165, 1.54) is 5.56 Å². The first-order valence-electron chi connectivity index (χ1n) is 6.82. The molecule has 0 amide bonds. The summed E-state index contributed by atoms with van der Waals surface area (Å²) < 4.78 is 10.9. The van der Waals surface area contributed by atoms with Crippen molar-refractivity contribution in [1.29, 1.82) is 0 Å². The number of nitrogens with two attached hydrogens (primary N) is 1. The molecule has 4 nitrogen and oxygen atoms in total. The number of rotatable bonds is 4. The highest BCUT2D eigenvalue weighted by Crippen LogP contribution is 2.18. The molecule has 0 radical (unpaired) electrons. The number of methoxy groups -OCH3 is 2. The molecule has 2 unspecified atom stereocenters. The Kier molecular flexibility index (Phi) is 5.57. The van der Waals surface area contributed by atoms with Crippen LogP contribution in [-0.2, 0) is 16.0 Å². The summed E-state index contributed by atoms with van der Waals surface area (Å²) in [5.74, 6) is 5.89. The van der Waals surface area contributed by atoms with Crippen LogP contribution in [0.1, 0.15) is 11.1 Å². The lowest BCUT2D eigenvalue weighted by Crippen LogP contribution is -2.27. The van der Waals surface area contributed by atoms with Gasteiger partial charge in [0.25, 0.3) is 0 Å².